The first-order valence-electron chi connectivity index (χ1n) is 10.4. The lowest BCUT2D eigenvalue weighted by Crippen LogP contribution is -2.14. The Hall–Kier alpha value is -3.82. The van der Waals surface area contributed by atoms with Gasteiger partial charge in [-0.1, -0.05) is 52.3 Å². The molecular weight excluding hydrogens is 478 g/mol. The first kappa shape index (κ1) is 22.4. The lowest BCUT2D eigenvalue weighted by atomic mass is 10.1. The molecule has 0 spiro atoms. The van der Waals surface area contributed by atoms with E-state index < -0.39 is 5.91 Å². The zero-order chi connectivity index (χ0) is 23.4. The van der Waals surface area contributed by atoms with Crippen molar-refractivity contribution in [2.24, 2.45) is 0 Å². The Morgan fingerprint density at radius 3 is 2.64 bits per heavy atom. The maximum Gasteiger partial charge on any atom is 0.266 e. The van der Waals surface area contributed by atoms with E-state index in [1.54, 1.807) is 19.3 Å². The first-order chi connectivity index (χ1) is 16.0. The van der Waals surface area contributed by atoms with Crippen molar-refractivity contribution in [3.63, 3.8) is 0 Å². The number of hydrogen-bond donors (Lipinski definition) is 1. The standard InChI is InChI=1S/C27H22BrN3O2/c1-18-7-12-26(33-2)24(13-18)30-27(32)20(15-29)14-21-17-31(25-6-4-3-5-23(21)25)16-19-8-10-22(28)11-9-19/h3-14,17H,16H2,1-2H3,(H,30,32)/b20-14+. The second-order valence-corrected chi connectivity index (χ2v) is 8.60. The molecule has 4 rings (SSSR count). The van der Waals surface area contributed by atoms with E-state index in [2.05, 4.69) is 37.9 Å². The maximum atomic E-state index is 12.9. The topological polar surface area (TPSA) is 67.0 Å². The van der Waals surface area contributed by atoms with Crippen LogP contribution in [0.3, 0.4) is 0 Å². The Morgan fingerprint density at radius 2 is 1.91 bits per heavy atom. The van der Waals surface area contributed by atoms with Crippen molar-refractivity contribution >= 4 is 44.5 Å². The number of methoxy groups -OCH3 is 1. The first-order valence-corrected chi connectivity index (χ1v) is 11.2. The number of amides is 1. The van der Waals surface area contributed by atoms with Crippen LogP contribution in [0.2, 0.25) is 0 Å². The van der Waals surface area contributed by atoms with E-state index in [1.807, 2.05) is 67.7 Å². The molecule has 1 N–H and O–H groups in total. The molecule has 0 aliphatic carbocycles. The quantitative estimate of drug-likeness (QED) is 0.249. The number of para-hydroxylation sites is 1. The highest BCUT2D eigenvalue weighted by molar-refractivity contribution is 9.10. The summed E-state index contributed by atoms with van der Waals surface area (Å²) in [5.41, 5.74) is 4.52. The molecule has 0 fully saturated rings. The monoisotopic (exact) mass is 499 g/mol. The van der Waals surface area contributed by atoms with E-state index in [0.29, 0.717) is 18.0 Å². The number of rotatable bonds is 6. The third-order valence-electron chi connectivity index (χ3n) is 5.35. The molecule has 0 atom stereocenters. The summed E-state index contributed by atoms with van der Waals surface area (Å²) in [5, 5.41) is 13.5. The SMILES string of the molecule is COc1ccc(C)cc1NC(=O)/C(C#N)=C/c1cn(Cc2ccc(Br)cc2)c2ccccc12. The van der Waals surface area contributed by atoms with Crippen molar-refractivity contribution in [3.8, 4) is 11.8 Å². The van der Waals surface area contributed by atoms with Gasteiger partial charge in [-0.25, -0.2) is 0 Å². The fourth-order valence-electron chi connectivity index (χ4n) is 3.72. The van der Waals surface area contributed by atoms with Gasteiger partial charge in [0.1, 0.15) is 17.4 Å². The van der Waals surface area contributed by atoms with Crippen LogP contribution < -0.4 is 10.1 Å². The number of nitrogens with one attached hydrogen (secondary N) is 1. The van der Waals surface area contributed by atoms with E-state index >= 15 is 0 Å². The number of fused-ring (bicyclic) bond motifs is 1. The van der Waals surface area contributed by atoms with Gasteiger partial charge in [-0.05, 0) is 54.5 Å². The number of carbonyl (C=O) groups is 1. The van der Waals surface area contributed by atoms with Crippen LogP contribution in [0.1, 0.15) is 16.7 Å². The molecule has 4 aromatic rings. The van der Waals surface area contributed by atoms with Gasteiger partial charge in [0.05, 0.1) is 12.8 Å². The smallest absolute Gasteiger partial charge is 0.266 e. The Kier molecular flexibility index (Phi) is 6.62. The van der Waals surface area contributed by atoms with Gasteiger partial charge >= 0.3 is 0 Å². The van der Waals surface area contributed by atoms with E-state index in [1.165, 1.54) is 0 Å². The van der Waals surface area contributed by atoms with Crippen molar-refractivity contribution in [2.45, 2.75) is 13.5 Å². The number of nitriles is 1. The molecule has 5 nitrogen and oxygen atoms in total. The number of ether oxygens (including phenoxy) is 1. The zero-order valence-electron chi connectivity index (χ0n) is 18.3. The number of benzene rings is 3. The molecule has 0 aliphatic rings. The van der Waals surface area contributed by atoms with Gasteiger partial charge in [-0.15, -0.1) is 0 Å². The van der Waals surface area contributed by atoms with Crippen molar-refractivity contribution in [2.75, 3.05) is 12.4 Å². The third-order valence-corrected chi connectivity index (χ3v) is 5.88. The second kappa shape index (κ2) is 9.76. The Bertz CT molecular complexity index is 1400. The van der Waals surface area contributed by atoms with Crippen molar-refractivity contribution < 1.29 is 9.53 Å². The molecule has 0 unspecified atom stereocenters. The number of carbonyl (C=O) groups excluding carboxylic acids is 1. The summed E-state index contributed by atoms with van der Waals surface area (Å²) in [7, 11) is 1.54. The van der Waals surface area contributed by atoms with Crippen LogP contribution in [0.15, 0.2) is 83.0 Å². The van der Waals surface area contributed by atoms with Gasteiger partial charge < -0.3 is 14.6 Å². The normalized spacial score (nSPS) is 11.3. The van der Waals surface area contributed by atoms with Gasteiger partial charge in [0.2, 0.25) is 0 Å². The molecule has 0 saturated carbocycles. The highest BCUT2D eigenvalue weighted by Gasteiger charge is 2.15. The number of anilines is 1. The highest BCUT2D eigenvalue weighted by Crippen LogP contribution is 2.27. The van der Waals surface area contributed by atoms with E-state index in [9.17, 15) is 10.1 Å². The molecule has 0 bridgehead atoms. The second-order valence-electron chi connectivity index (χ2n) is 7.68. The van der Waals surface area contributed by atoms with Gasteiger partial charge in [-0.3, -0.25) is 4.79 Å². The molecule has 0 saturated heterocycles. The maximum absolute atomic E-state index is 12.9. The average Bonchev–Trinajstić information content (AvgIpc) is 3.16. The van der Waals surface area contributed by atoms with E-state index in [-0.39, 0.29) is 5.57 Å². The van der Waals surface area contributed by atoms with Crippen LogP contribution in [0, 0.1) is 18.3 Å². The van der Waals surface area contributed by atoms with Crippen LogP contribution >= 0.6 is 15.9 Å². The number of aryl methyl sites for hydroxylation is 1. The average molecular weight is 500 g/mol. The van der Waals surface area contributed by atoms with Crippen LogP contribution in [0.5, 0.6) is 5.75 Å². The minimum absolute atomic E-state index is 0.0186. The van der Waals surface area contributed by atoms with Crippen molar-refractivity contribution in [3.05, 3.63) is 99.7 Å². The van der Waals surface area contributed by atoms with E-state index in [0.717, 1.165) is 32.1 Å². The Morgan fingerprint density at radius 1 is 1.15 bits per heavy atom. The number of hydrogen-bond acceptors (Lipinski definition) is 3. The highest BCUT2D eigenvalue weighted by atomic mass is 79.9. The number of nitrogens with zero attached hydrogens (tertiary/aromatic N) is 2. The van der Waals surface area contributed by atoms with Gasteiger partial charge in [-0.2, -0.15) is 5.26 Å². The van der Waals surface area contributed by atoms with Crippen LogP contribution in [0.4, 0.5) is 5.69 Å². The summed E-state index contributed by atoms with van der Waals surface area (Å²) >= 11 is 3.47. The lowest BCUT2D eigenvalue weighted by molar-refractivity contribution is -0.112. The summed E-state index contributed by atoms with van der Waals surface area (Å²) in [5.74, 6) is 0.0588. The van der Waals surface area contributed by atoms with Crippen LogP contribution in [0.25, 0.3) is 17.0 Å². The van der Waals surface area contributed by atoms with Crippen LogP contribution in [-0.4, -0.2) is 17.6 Å². The summed E-state index contributed by atoms with van der Waals surface area (Å²) in [6, 6.07) is 23.7. The Labute approximate surface area is 201 Å². The largest absolute Gasteiger partial charge is 0.495 e. The third kappa shape index (κ3) is 5.00. The Balaban J connectivity index is 1.68. The van der Waals surface area contributed by atoms with Crippen molar-refractivity contribution in [1.82, 2.24) is 4.57 Å². The minimum atomic E-state index is -0.480. The predicted molar refractivity (Wildman–Crippen MR) is 135 cm³/mol. The molecule has 33 heavy (non-hydrogen) atoms. The zero-order valence-corrected chi connectivity index (χ0v) is 19.9. The van der Waals surface area contributed by atoms with Gasteiger partial charge in [0, 0.05) is 33.7 Å². The number of halogens is 1. The molecule has 6 heteroatoms. The molecule has 164 valence electrons. The molecule has 1 heterocycles. The fourth-order valence-corrected chi connectivity index (χ4v) is 3.99. The summed E-state index contributed by atoms with van der Waals surface area (Å²) < 4.78 is 8.49. The molecule has 1 aromatic heterocycles. The molecule has 1 amide bonds. The minimum Gasteiger partial charge on any atom is -0.495 e. The van der Waals surface area contributed by atoms with Gasteiger partial charge in [0.15, 0.2) is 0 Å². The lowest BCUT2D eigenvalue weighted by Gasteiger charge is -2.10. The van der Waals surface area contributed by atoms with Crippen molar-refractivity contribution in [1.29, 1.82) is 5.26 Å². The molecule has 0 radical (unpaired) electrons. The molecule has 3 aromatic carbocycles. The summed E-state index contributed by atoms with van der Waals surface area (Å²) in [6.07, 6.45) is 3.61. The predicted octanol–water partition coefficient (Wildman–Crippen LogP) is 6.31. The van der Waals surface area contributed by atoms with Crippen LogP contribution in [-0.2, 0) is 11.3 Å². The number of aromatic nitrogens is 1. The molecular formula is C27H22BrN3O2. The molecule has 0 aliphatic heterocycles. The fraction of sp³-hybridized carbons (Fsp3) is 0.111. The van der Waals surface area contributed by atoms with Gasteiger partial charge in [0.25, 0.3) is 5.91 Å². The van der Waals surface area contributed by atoms with E-state index in [4.69, 9.17) is 4.74 Å². The summed E-state index contributed by atoms with van der Waals surface area (Å²) in [4.78, 5) is 12.9. The summed E-state index contributed by atoms with van der Waals surface area (Å²) in [6.45, 7) is 2.60.